The number of nitrogens with one attached hydrogen (secondary N) is 1. The fourth-order valence-electron chi connectivity index (χ4n) is 2.67. The van der Waals surface area contributed by atoms with Gasteiger partial charge in [-0.05, 0) is 30.5 Å². The van der Waals surface area contributed by atoms with Crippen LogP contribution in [0.4, 0.5) is 5.69 Å². The average Bonchev–Trinajstić information content (AvgIpc) is 3.01. The molecule has 0 spiro atoms. The summed E-state index contributed by atoms with van der Waals surface area (Å²) in [5.74, 6) is -0.0592. The minimum absolute atomic E-state index is 0.0503. The van der Waals surface area contributed by atoms with Crippen LogP contribution in [0.2, 0.25) is 0 Å². The minimum atomic E-state index is -0.109. The van der Waals surface area contributed by atoms with E-state index in [1.54, 1.807) is 0 Å². The standard InChI is InChI=1S/C18H24N2O2/c1-3-14-7-5-8-15(13-14)19-17(21)10-11-18(22)20-12-6-9-16(20)4-2/h5-9,13,16H,3-4,10-12H2,1-2H3,(H,19,21). The van der Waals surface area contributed by atoms with E-state index in [1.807, 2.05) is 35.2 Å². The van der Waals surface area contributed by atoms with Gasteiger partial charge in [-0.1, -0.05) is 38.1 Å². The minimum Gasteiger partial charge on any atom is -0.333 e. The third kappa shape index (κ3) is 4.20. The number of hydrogen-bond acceptors (Lipinski definition) is 2. The Morgan fingerprint density at radius 3 is 2.82 bits per heavy atom. The van der Waals surface area contributed by atoms with Crippen molar-refractivity contribution in [1.29, 1.82) is 0 Å². The molecule has 1 aromatic rings. The monoisotopic (exact) mass is 300 g/mol. The number of anilines is 1. The Labute approximate surface area is 132 Å². The van der Waals surface area contributed by atoms with Crippen LogP contribution in [0.25, 0.3) is 0 Å². The molecule has 1 aliphatic rings. The summed E-state index contributed by atoms with van der Waals surface area (Å²) in [6, 6.07) is 8.00. The van der Waals surface area contributed by atoms with Crippen molar-refractivity contribution >= 4 is 17.5 Å². The molecule has 1 aliphatic heterocycles. The molecule has 22 heavy (non-hydrogen) atoms. The maximum atomic E-state index is 12.2. The number of hydrogen-bond donors (Lipinski definition) is 1. The Balaban J connectivity index is 1.81. The van der Waals surface area contributed by atoms with Crippen LogP contribution in [0, 0.1) is 0 Å². The molecule has 118 valence electrons. The van der Waals surface area contributed by atoms with Gasteiger partial charge in [-0.15, -0.1) is 0 Å². The summed E-state index contributed by atoms with van der Waals surface area (Å²) in [7, 11) is 0. The predicted molar refractivity (Wildman–Crippen MR) is 88.6 cm³/mol. The quantitative estimate of drug-likeness (QED) is 0.821. The van der Waals surface area contributed by atoms with Crippen molar-refractivity contribution in [3.05, 3.63) is 42.0 Å². The number of benzene rings is 1. The first kappa shape index (κ1) is 16.3. The van der Waals surface area contributed by atoms with Crippen molar-refractivity contribution in [1.82, 2.24) is 4.90 Å². The lowest BCUT2D eigenvalue weighted by atomic mass is 10.1. The van der Waals surface area contributed by atoms with Crippen LogP contribution in [-0.2, 0) is 16.0 Å². The molecule has 2 amide bonds. The fourth-order valence-corrected chi connectivity index (χ4v) is 2.67. The van der Waals surface area contributed by atoms with Crippen LogP contribution in [0.15, 0.2) is 36.4 Å². The van der Waals surface area contributed by atoms with E-state index < -0.39 is 0 Å². The van der Waals surface area contributed by atoms with Gasteiger partial charge in [0.25, 0.3) is 0 Å². The lowest BCUT2D eigenvalue weighted by Crippen LogP contribution is -2.36. The molecule has 2 rings (SSSR count). The summed E-state index contributed by atoms with van der Waals surface area (Å²) in [4.78, 5) is 26.0. The Morgan fingerprint density at radius 1 is 1.27 bits per heavy atom. The maximum absolute atomic E-state index is 12.2. The van der Waals surface area contributed by atoms with E-state index in [9.17, 15) is 9.59 Å². The summed E-state index contributed by atoms with van der Waals surface area (Å²) in [5, 5.41) is 2.86. The van der Waals surface area contributed by atoms with Crippen molar-refractivity contribution in [2.24, 2.45) is 0 Å². The molecule has 1 heterocycles. The molecule has 1 N–H and O–H groups in total. The van der Waals surface area contributed by atoms with Crippen LogP contribution >= 0.6 is 0 Å². The molecule has 1 atom stereocenters. The second kappa shape index (κ2) is 7.78. The number of carbonyl (C=O) groups excluding carboxylic acids is 2. The van der Waals surface area contributed by atoms with E-state index in [1.165, 1.54) is 5.56 Å². The predicted octanol–water partition coefficient (Wildman–Crippen LogP) is 3.14. The number of nitrogens with zero attached hydrogens (tertiary/aromatic N) is 1. The zero-order valence-electron chi connectivity index (χ0n) is 13.3. The molecular formula is C18H24N2O2. The van der Waals surface area contributed by atoms with Crippen molar-refractivity contribution in [2.45, 2.75) is 45.6 Å². The highest BCUT2D eigenvalue weighted by Gasteiger charge is 2.23. The van der Waals surface area contributed by atoms with Gasteiger partial charge < -0.3 is 10.2 Å². The lowest BCUT2D eigenvalue weighted by molar-refractivity contribution is -0.133. The van der Waals surface area contributed by atoms with Crippen LogP contribution in [-0.4, -0.2) is 29.3 Å². The summed E-state index contributed by atoms with van der Waals surface area (Å²) < 4.78 is 0. The van der Waals surface area contributed by atoms with Gasteiger partial charge in [-0.3, -0.25) is 9.59 Å². The van der Waals surface area contributed by atoms with Gasteiger partial charge in [0, 0.05) is 25.1 Å². The molecule has 0 saturated carbocycles. The van der Waals surface area contributed by atoms with Gasteiger partial charge in [-0.25, -0.2) is 0 Å². The molecule has 4 heteroatoms. The van der Waals surface area contributed by atoms with Gasteiger partial charge in [0.05, 0.1) is 6.04 Å². The maximum Gasteiger partial charge on any atom is 0.224 e. The summed E-state index contributed by atoms with van der Waals surface area (Å²) in [6.07, 6.45) is 6.41. The molecule has 1 unspecified atom stereocenters. The van der Waals surface area contributed by atoms with Gasteiger partial charge in [0.2, 0.25) is 11.8 Å². The molecule has 0 saturated heterocycles. The van der Waals surface area contributed by atoms with Gasteiger partial charge in [0.1, 0.15) is 0 Å². The van der Waals surface area contributed by atoms with Crippen molar-refractivity contribution in [3.63, 3.8) is 0 Å². The van der Waals surface area contributed by atoms with Crippen LogP contribution in [0.5, 0.6) is 0 Å². The highest BCUT2D eigenvalue weighted by Crippen LogP contribution is 2.16. The summed E-state index contributed by atoms with van der Waals surface area (Å²) >= 11 is 0. The first-order valence-electron chi connectivity index (χ1n) is 7.99. The molecule has 0 radical (unpaired) electrons. The number of rotatable bonds is 6. The Bertz CT molecular complexity index is 566. The number of amides is 2. The van der Waals surface area contributed by atoms with Crippen molar-refractivity contribution in [3.8, 4) is 0 Å². The SMILES string of the molecule is CCc1cccc(NC(=O)CCC(=O)N2CC=CC2CC)c1. The molecule has 0 aromatic heterocycles. The highest BCUT2D eigenvalue weighted by molar-refractivity contribution is 5.93. The molecule has 1 aromatic carbocycles. The molecular weight excluding hydrogens is 276 g/mol. The topological polar surface area (TPSA) is 49.4 Å². The Morgan fingerprint density at radius 2 is 2.09 bits per heavy atom. The number of aryl methyl sites for hydroxylation is 1. The normalized spacial score (nSPS) is 16.8. The second-order valence-electron chi connectivity index (χ2n) is 5.55. The highest BCUT2D eigenvalue weighted by atomic mass is 16.2. The average molecular weight is 300 g/mol. The Kier molecular flexibility index (Phi) is 5.75. The van der Waals surface area contributed by atoms with Gasteiger partial charge in [-0.2, -0.15) is 0 Å². The first-order valence-corrected chi connectivity index (χ1v) is 7.99. The van der Waals surface area contributed by atoms with Crippen molar-refractivity contribution in [2.75, 3.05) is 11.9 Å². The fraction of sp³-hybridized carbons (Fsp3) is 0.444. The first-order chi connectivity index (χ1) is 10.6. The van der Waals surface area contributed by atoms with E-state index in [2.05, 4.69) is 25.2 Å². The van der Waals surface area contributed by atoms with E-state index in [0.29, 0.717) is 6.54 Å². The van der Waals surface area contributed by atoms with Gasteiger partial charge >= 0.3 is 0 Å². The van der Waals surface area contributed by atoms with Crippen molar-refractivity contribution < 1.29 is 9.59 Å². The van der Waals surface area contributed by atoms with Gasteiger partial charge in [0.15, 0.2) is 0 Å². The number of carbonyl (C=O) groups is 2. The smallest absolute Gasteiger partial charge is 0.224 e. The van der Waals surface area contributed by atoms with Crippen LogP contribution in [0.3, 0.4) is 0 Å². The largest absolute Gasteiger partial charge is 0.333 e. The Hall–Kier alpha value is -2.10. The second-order valence-corrected chi connectivity index (χ2v) is 5.55. The molecule has 0 fully saturated rings. The molecule has 0 aliphatic carbocycles. The third-order valence-corrected chi connectivity index (χ3v) is 3.98. The van der Waals surface area contributed by atoms with Crippen LogP contribution in [0.1, 0.15) is 38.7 Å². The van der Waals surface area contributed by atoms with E-state index in [0.717, 1.165) is 18.5 Å². The third-order valence-electron chi connectivity index (χ3n) is 3.98. The zero-order valence-corrected chi connectivity index (χ0v) is 13.3. The van der Waals surface area contributed by atoms with E-state index >= 15 is 0 Å². The van der Waals surface area contributed by atoms with E-state index in [-0.39, 0.29) is 30.7 Å². The van der Waals surface area contributed by atoms with E-state index in [4.69, 9.17) is 0 Å². The molecule has 4 nitrogen and oxygen atoms in total. The summed E-state index contributed by atoms with van der Waals surface area (Å²) in [6.45, 7) is 4.80. The van der Waals surface area contributed by atoms with Crippen LogP contribution < -0.4 is 5.32 Å². The molecule has 0 bridgehead atoms. The lowest BCUT2D eigenvalue weighted by Gasteiger charge is -2.23. The summed E-state index contributed by atoms with van der Waals surface area (Å²) in [5.41, 5.74) is 1.98. The zero-order chi connectivity index (χ0) is 15.9.